The summed E-state index contributed by atoms with van der Waals surface area (Å²) in [5.41, 5.74) is -0.201. The van der Waals surface area contributed by atoms with Gasteiger partial charge in [-0.1, -0.05) is 13.3 Å². The second-order valence-corrected chi connectivity index (χ2v) is 5.24. The lowest BCUT2D eigenvalue weighted by atomic mass is 9.88. The van der Waals surface area contributed by atoms with Gasteiger partial charge in [-0.2, -0.15) is 0 Å². The van der Waals surface area contributed by atoms with Crippen LogP contribution in [0.25, 0.3) is 0 Å². The minimum Gasteiger partial charge on any atom is -0.497 e. The highest BCUT2D eigenvalue weighted by atomic mass is 16.5. The number of nitrogens with zero attached hydrogens (tertiary/aromatic N) is 1. The molecule has 2 rings (SSSR count). The lowest BCUT2D eigenvalue weighted by Crippen LogP contribution is -2.63. The highest BCUT2D eigenvalue weighted by molar-refractivity contribution is 5.95. The molecule has 0 atom stereocenters. The molecule has 0 saturated carbocycles. The van der Waals surface area contributed by atoms with Crippen molar-refractivity contribution in [2.75, 3.05) is 27.3 Å². The molecule has 1 fully saturated rings. The van der Waals surface area contributed by atoms with Gasteiger partial charge in [0.2, 0.25) is 0 Å². The number of hydrogen-bond acceptors (Lipinski definition) is 4. The van der Waals surface area contributed by atoms with Crippen LogP contribution in [0.1, 0.15) is 30.1 Å². The van der Waals surface area contributed by atoms with E-state index in [2.05, 4.69) is 0 Å². The van der Waals surface area contributed by atoms with Crippen molar-refractivity contribution in [1.29, 1.82) is 0 Å². The van der Waals surface area contributed by atoms with Crippen LogP contribution in [0.2, 0.25) is 0 Å². The lowest BCUT2D eigenvalue weighted by molar-refractivity contribution is -0.0860. The van der Waals surface area contributed by atoms with Crippen LogP contribution in [0.4, 0.5) is 0 Å². The van der Waals surface area contributed by atoms with Gasteiger partial charge < -0.3 is 19.5 Å². The molecule has 1 aromatic rings. The molecule has 1 aromatic carbocycles. The first kappa shape index (κ1) is 14.7. The fourth-order valence-electron chi connectivity index (χ4n) is 2.54. The molecule has 1 aliphatic heterocycles. The largest absolute Gasteiger partial charge is 0.497 e. The van der Waals surface area contributed by atoms with E-state index in [1.165, 1.54) is 0 Å². The summed E-state index contributed by atoms with van der Waals surface area (Å²) in [4.78, 5) is 14.0. The molecule has 1 amide bonds. The Morgan fingerprint density at radius 2 is 1.80 bits per heavy atom. The molecule has 20 heavy (non-hydrogen) atoms. The van der Waals surface area contributed by atoms with Gasteiger partial charge in [0.05, 0.1) is 32.9 Å². The molecule has 1 aliphatic rings. The molecule has 1 saturated heterocycles. The topological polar surface area (TPSA) is 59.0 Å². The van der Waals surface area contributed by atoms with Gasteiger partial charge in [-0.15, -0.1) is 0 Å². The Morgan fingerprint density at radius 1 is 1.25 bits per heavy atom. The number of rotatable bonds is 5. The van der Waals surface area contributed by atoms with Gasteiger partial charge in [0, 0.05) is 11.6 Å². The number of carbonyl (C=O) groups is 1. The average Bonchev–Trinajstić information content (AvgIpc) is 2.43. The Morgan fingerprint density at radius 3 is 2.25 bits per heavy atom. The van der Waals surface area contributed by atoms with E-state index in [0.29, 0.717) is 30.2 Å². The number of carbonyl (C=O) groups excluding carboxylic acids is 1. The summed E-state index contributed by atoms with van der Waals surface area (Å²) >= 11 is 0. The summed E-state index contributed by atoms with van der Waals surface area (Å²) in [7, 11) is 3.10. The Labute approximate surface area is 119 Å². The van der Waals surface area contributed by atoms with Gasteiger partial charge in [-0.3, -0.25) is 4.79 Å². The van der Waals surface area contributed by atoms with Crippen molar-refractivity contribution in [2.24, 2.45) is 0 Å². The van der Waals surface area contributed by atoms with E-state index in [9.17, 15) is 9.90 Å². The zero-order valence-corrected chi connectivity index (χ0v) is 12.2. The highest BCUT2D eigenvalue weighted by Crippen LogP contribution is 2.29. The summed E-state index contributed by atoms with van der Waals surface area (Å²) in [5.74, 6) is 1.05. The third kappa shape index (κ3) is 2.88. The van der Waals surface area contributed by atoms with E-state index < -0.39 is 5.60 Å². The quantitative estimate of drug-likeness (QED) is 0.891. The fraction of sp³-hybridized carbons (Fsp3) is 0.533. The molecular formula is C15H21NO4. The summed E-state index contributed by atoms with van der Waals surface area (Å²) in [6.07, 6.45) is 1.63. The van der Waals surface area contributed by atoms with Gasteiger partial charge in [0.25, 0.3) is 5.91 Å². The third-order valence-electron chi connectivity index (χ3n) is 3.57. The normalized spacial score (nSPS) is 16.5. The van der Waals surface area contributed by atoms with Crippen LogP contribution in [0.15, 0.2) is 18.2 Å². The number of aliphatic hydroxyl groups is 1. The van der Waals surface area contributed by atoms with Crippen molar-refractivity contribution in [3.63, 3.8) is 0 Å². The van der Waals surface area contributed by atoms with Gasteiger partial charge in [-0.25, -0.2) is 0 Å². The molecule has 0 radical (unpaired) electrons. The molecule has 1 N–H and O–H groups in total. The van der Waals surface area contributed by atoms with E-state index in [4.69, 9.17) is 9.47 Å². The predicted octanol–water partition coefficient (Wildman–Crippen LogP) is 1.69. The van der Waals surface area contributed by atoms with Crippen LogP contribution in [0, 0.1) is 0 Å². The van der Waals surface area contributed by atoms with E-state index >= 15 is 0 Å². The van der Waals surface area contributed by atoms with E-state index in [1.54, 1.807) is 37.3 Å². The van der Waals surface area contributed by atoms with Crippen molar-refractivity contribution >= 4 is 5.91 Å². The molecule has 0 spiro atoms. The molecular weight excluding hydrogens is 258 g/mol. The number of β-amino-alcohol motifs (C(OH)–C–C–N with tert-alkyl or cyclic N) is 1. The second kappa shape index (κ2) is 5.71. The highest BCUT2D eigenvalue weighted by Gasteiger charge is 2.42. The van der Waals surface area contributed by atoms with Crippen molar-refractivity contribution in [2.45, 2.75) is 25.4 Å². The van der Waals surface area contributed by atoms with Crippen molar-refractivity contribution in [3.8, 4) is 11.5 Å². The van der Waals surface area contributed by atoms with Crippen LogP contribution >= 0.6 is 0 Å². The van der Waals surface area contributed by atoms with E-state index in [1.807, 2.05) is 6.92 Å². The maximum Gasteiger partial charge on any atom is 0.254 e. The monoisotopic (exact) mass is 279 g/mol. The van der Waals surface area contributed by atoms with Gasteiger partial charge in [0.15, 0.2) is 0 Å². The standard InChI is InChI=1S/C15H21NO4/c1-4-5-15(18)9-16(10-15)14(17)11-6-12(19-2)8-13(7-11)20-3/h6-8,18H,4-5,9-10H2,1-3H3. The summed E-state index contributed by atoms with van der Waals surface area (Å²) < 4.78 is 10.3. The average molecular weight is 279 g/mol. The number of ether oxygens (including phenoxy) is 2. The zero-order chi connectivity index (χ0) is 14.8. The number of benzene rings is 1. The first-order chi connectivity index (χ1) is 9.51. The van der Waals surface area contributed by atoms with Gasteiger partial charge in [0.1, 0.15) is 11.5 Å². The smallest absolute Gasteiger partial charge is 0.254 e. The van der Waals surface area contributed by atoms with Crippen molar-refractivity contribution < 1.29 is 19.4 Å². The van der Waals surface area contributed by atoms with Crippen LogP contribution in [-0.2, 0) is 0 Å². The molecule has 5 nitrogen and oxygen atoms in total. The SMILES string of the molecule is CCCC1(O)CN(C(=O)c2cc(OC)cc(OC)c2)C1. The number of likely N-dealkylation sites (tertiary alicyclic amines) is 1. The number of methoxy groups -OCH3 is 2. The lowest BCUT2D eigenvalue weighted by Gasteiger charge is -2.46. The van der Waals surface area contributed by atoms with Gasteiger partial charge >= 0.3 is 0 Å². The zero-order valence-electron chi connectivity index (χ0n) is 12.2. The third-order valence-corrected chi connectivity index (χ3v) is 3.57. The minimum absolute atomic E-state index is 0.108. The minimum atomic E-state index is -0.715. The van der Waals surface area contributed by atoms with Crippen LogP contribution in [0.3, 0.4) is 0 Å². The van der Waals surface area contributed by atoms with Gasteiger partial charge in [-0.05, 0) is 18.6 Å². The Bertz CT molecular complexity index is 472. The van der Waals surface area contributed by atoms with Crippen LogP contribution < -0.4 is 9.47 Å². The molecule has 110 valence electrons. The number of hydrogen-bond donors (Lipinski definition) is 1. The van der Waals surface area contributed by atoms with Crippen molar-refractivity contribution in [3.05, 3.63) is 23.8 Å². The maximum atomic E-state index is 12.4. The van der Waals surface area contributed by atoms with Crippen LogP contribution in [0.5, 0.6) is 11.5 Å². The Hall–Kier alpha value is -1.75. The first-order valence-electron chi connectivity index (χ1n) is 6.76. The molecule has 1 heterocycles. The fourth-order valence-corrected chi connectivity index (χ4v) is 2.54. The van der Waals surface area contributed by atoms with E-state index in [-0.39, 0.29) is 5.91 Å². The summed E-state index contributed by atoms with van der Waals surface area (Å²) in [5, 5.41) is 10.1. The molecule has 5 heteroatoms. The van der Waals surface area contributed by atoms with Crippen LogP contribution in [-0.4, -0.2) is 48.8 Å². The Balaban J connectivity index is 2.11. The second-order valence-electron chi connectivity index (χ2n) is 5.24. The number of amides is 1. The maximum absolute atomic E-state index is 12.4. The molecule has 0 bridgehead atoms. The molecule has 0 unspecified atom stereocenters. The summed E-state index contributed by atoms with van der Waals surface area (Å²) in [6, 6.07) is 5.09. The van der Waals surface area contributed by atoms with Crippen molar-refractivity contribution in [1.82, 2.24) is 4.90 Å². The van der Waals surface area contributed by atoms with E-state index in [0.717, 1.165) is 12.8 Å². The Kier molecular flexibility index (Phi) is 4.18. The predicted molar refractivity (Wildman–Crippen MR) is 75.3 cm³/mol. The summed E-state index contributed by atoms with van der Waals surface area (Å²) in [6.45, 7) is 2.80. The molecule has 0 aromatic heterocycles. The molecule has 0 aliphatic carbocycles. The first-order valence-corrected chi connectivity index (χ1v) is 6.76.